The molecular formula is C26H40N2O4. The number of carbonyl (C=O) groups excluding carboxylic acids is 2. The number of hydrogen-bond acceptors (Lipinski definition) is 5. The van der Waals surface area contributed by atoms with Gasteiger partial charge in [0.25, 0.3) is 0 Å². The van der Waals surface area contributed by atoms with Gasteiger partial charge in [-0.1, -0.05) is 26.0 Å². The molecule has 0 bridgehead atoms. The van der Waals surface area contributed by atoms with Crippen LogP contribution in [0, 0.1) is 5.92 Å². The predicted octanol–water partition coefficient (Wildman–Crippen LogP) is 4.53. The van der Waals surface area contributed by atoms with Crippen LogP contribution >= 0.6 is 0 Å². The standard InChI is InChI=1S/C26H40N2O4/c1-7-18-13-21(22-15-28(16-22)25(30)32-26(3,4)5)14-19(8-2)23(18)17-27-11-9-20(10-12-27)24(29)31-6/h13-14,20,22H,7-12,15-17H2,1-6H3. The first-order chi connectivity index (χ1) is 15.1. The lowest BCUT2D eigenvalue weighted by molar-refractivity contribution is -0.147. The summed E-state index contributed by atoms with van der Waals surface area (Å²) < 4.78 is 10.4. The molecule has 1 amide bonds. The molecule has 2 aliphatic rings. The summed E-state index contributed by atoms with van der Waals surface area (Å²) in [6.07, 6.45) is 3.52. The van der Waals surface area contributed by atoms with Crippen molar-refractivity contribution in [3.05, 3.63) is 34.4 Å². The van der Waals surface area contributed by atoms with Crippen LogP contribution in [0.2, 0.25) is 0 Å². The Bertz CT molecular complexity index is 791. The number of benzene rings is 1. The van der Waals surface area contributed by atoms with E-state index in [1.165, 1.54) is 29.4 Å². The summed E-state index contributed by atoms with van der Waals surface area (Å²) in [4.78, 5) is 28.4. The minimum Gasteiger partial charge on any atom is -0.469 e. The zero-order chi connectivity index (χ0) is 23.5. The number of ether oxygens (including phenoxy) is 2. The fraction of sp³-hybridized carbons (Fsp3) is 0.692. The van der Waals surface area contributed by atoms with E-state index >= 15 is 0 Å². The Kier molecular flexibility index (Phi) is 7.86. The normalized spacial score (nSPS) is 18.4. The van der Waals surface area contributed by atoms with E-state index in [4.69, 9.17) is 9.47 Å². The number of carbonyl (C=O) groups is 2. The molecular weight excluding hydrogens is 404 g/mol. The van der Waals surface area contributed by atoms with Crippen LogP contribution in [0.15, 0.2) is 12.1 Å². The summed E-state index contributed by atoms with van der Waals surface area (Å²) in [6, 6.07) is 4.71. The van der Waals surface area contributed by atoms with E-state index in [1.807, 2.05) is 20.8 Å². The number of piperidine rings is 1. The van der Waals surface area contributed by atoms with Crippen molar-refractivity contribution in [2.75, 3.05) is 33.3 Å². The molecule has 0 radical (unpaired) electrons. The van der Waals surface area contributed by atoms with Crippen LogP contribution in [0.1, 0.15) is 75.6 Å². The topological polar surface area (TPSA) is 59.1 Å². The maximum atomic E-state index is 12.3. The first-order valence-electron chi connectivity index (χ1n) is 12.1. The van der Waals surface area contributed by atoms with Gasteiger partial charge in [0, 0.05) is 25.6 Å². The lowest BCUT2D eigenvalue weighted by Gasteiger charge is -2.40. The average Bonchev–Trinajstić information content (AvgIpc) is 2.71. The van der Waals surface area contributed by atoms with Gasteiger partial charge in [-0.2, -0.15) is 0 Å². The smallest absolute Gasteiger partial charge is 0.410 e. The molecule has 6 heteroatoms. The maximum Gasteiger partial charge on any atom is 0.410 e. The Morgan fingerprint density at radius 3 is 2.06 bits per heavy atom. The summed E-state index contributed by atoms with van der Waals surface area (Å²) in [5.74, 6) is 0.350. The second-order valence-corrected chi connectivity index (χ2v) is 10.2. The number of likely N-dealkylation sites (tertiary alicyclic amines) is 2. The number of esters is 1. The van der Waals surface area contributed by atoms with Crippen molar-refractivity contribution in [2.24, 2.45) is 5.92 Å². The van der Waals surface area contributed by atoms with Crippen LogP contribution in [0.3, 0.4) is 0 Å². The molecule has 3 rings (SSSR count). The molecule has 1 aromatic rings. The van der Waals surface area contributed by atoms with Gasteiger partial charge in [0.2, 0.25) is 0 Å². The van der Waals surface area contributed by atoms with E-state index in [0.717, 1.165) is 58.4 Å². The van der Waals surface area contributed by atoms with Crippen LogP contribution in [0.5, 0.6) is 0 Å². The molecule has 178 valence electrons. The number of nitrogens with zero attached hydrogens (tertiary/aromatic N) is 2. The van der Waals surface area contributed by atoms with Crippen molar-refractivity contribution in [1.29, 1.82) is 0 Å². The van der Waals surface area contributed by atoms with Crippen molar-refractivity contribution in [2.45, 2.75) is 78.4 Å². The molecule has 0 aromatic heterocycles. The minimum absolute atomic E-state index is 0.0430. The third kappa shape index (κ3) is 5.83. The molecule has 0 saturated carbocycles. The Balaban J connectivity index is 1.66. The molecule has 32 heavy (non-hydrogen) atoms. The Hall–Kier alpha value is -2.08. The Morgan fingerprint density at radius 2 is 1.59 bits per heavy atom. The van der Waals surface area contributed by atoms with Gasteiger partial charge >= 0.3 is 12.1 Å². The third-order valence-corrected chi connectivity index (χ3v) is 6.73. The van der Waals surface area contributed by atoms with Crippen LogP contribution in [0.4, 0.5) is 4.79 Å². The largest absolute Gasteiger partial charge is 0.469 e. The highest BCUT2D eigenvalue weighted by Gasteiger charge is 2.35. The maximum absolute atomic E-state index is 12.3. The molecule has 0 aliphatic carbocycles. The van der Waals surface area contributed by atoms with Crippen molar-refractivity contribution >= 4 is 12.1 Å². The first-order valence-corrected chi connectivity index (χ1v) is 12.1. The number of rotatable bonds is 6. The molecule has 2 saturated heterocycles. The summed E-state index contributed by atoms with van der Waals surface area (Å²) in [7, 11) is 1.48. The summed E-state index contributed by atoms with van der Waals surface area (Å²) in [6.45, 7) is 14.4. The van der Waals surface area contributed by atoms with Crippen LogP contribution < -0.4 is 0 Å². The first kappa shape index (κ1) is 24.6. The lowest BCUT2D eigenvalue weighted by Crippen LogP contribution is -2.50. The highest BCUT2D eigenvalue weighted by molar-refractivity contribution is 5.72. The monoisotopic (exact) mass is 444 g/mol. The zero-order valence-corrected chi connectivity index (χ0v) is 20.7. The molecule has 0 atom stereocenters. The van der Waals surface area contributed by atoms with Gasteiger partial charge < -0.3 is 14.4 Å². The SMILES string of the molecule is CCc1cc(C2CN(C(=O)OC(C)(C)C)C2)cc(CC)c1CN1CCC(C(=O)OC)CC1. The molecule has 6 nitrogen and oxygen atoms in total. The summed E-state index contributed by atoms with van der Waals surface area (Å²) in [5.41, 5.74) is 5.14. The van der Waals surface area contributed by atoms with Gasteiger partial charge in [0.1, 0.15) is 5.60 Å². The molecule has 0 N–H and O–H groups in total. The van der Waals surface area contributed by atoms with Crippen LogP contribution in [-0.2, 0) is 33.7 Å². The van der Waals surface area contributed by atoms with E-state index in [-0.39, 0.29) is 18.0 Å². The van der Waals surface area contributed by atoms with E-state index < -0.39 is 5.60 Å². The van der Waals surface area contributed by atoms with E-state index in [9.17, 15) is 9.59 Å². The molecule has 1 aromatic carbocycles. The van der Waals surface area contributed by atoms with Gasteiger partial charge in [0.05, 0.1) is 13.0 Å². The number of hydrogen-bond donors (Lipinski definition) is 0. The third-order valence-electron chi connectivity index (χ3n) is 6.73. The number of amides is 1. The van der Waals surface area contributed by atoms with Gasteiger partial charge in [0.15, 0.2) is 0 Å². The van der Waals surface area contributed by atoms with Gasteiger partial charge in [-0.15, -0.1) is 0 Å². The van der Waals surface area contributed by atoms with Crippen molar-refractivity contribution in [3.63, 3.8) is 0 Å². The van der Waals surface area contributed by atoms with Crippen LogP contribution in [0.25, 0.3) is 0 Å². The highest BCUT2D eigenvalue weighted by atomic mass is 16.6. The quantitative estimate of drug-likeness (QED) is 0.604. The van der Waals surface area contributed by atoms with Crippen molar-refractivity contribution < 1.29 is 19.1 Å². The molecule has 0 unspecified atom stereocenters. The van der Waals surface area contributed by atoms with Gasteiger partial charge in [-0.3, -0.25) is 9.69 Å². The predicted molar refractivity (Wildman–Crippen MR) is 126 cm³/mol. The van der Waals surface area contributed by atoms with E-state index in [1.54, 1.807) is 4.90 Å². The molecule has 2 fully saturated rings. The van der Waals surface area contributed by atoms with Crippen molar-refractivity contribution in [3.8, 4) is 0 Å². The second kappa shape index (κ2) is 10.2. The molecule has 0 spiro atoms. The van der Waals surface area contributed by atoms with E-state index in [2.05, 4.69) is 30.9 Å². The fourth-order valence-corrected chi connectivity index (χ4v) is 4.78. The fourth-order valence-electron chi connectivity index (χ4n) is 4.78. The van der Waals surface area contributed by atoms with Crippen LogP contribution in [-0.4, -0.2) is 60.8 Å². The Morgan fingerprint density at radius 1 is 1.03 bits per heavy atom. The number of methoxy groups -OCH3 is 1. The zero-order valence-electron chi connectivity index (χ0n) is 20.7. The van der Waals surface area contributed by atoms with Crippen molar-refractivity contribution in [1.82, 2.24) is 9.80 Å². The Labute approximate surface area is 193 Å². The lowest BCUT2D eigenvalue weighted by atomic mass is 9.85. The molecule has 2 heterocycles. The second-order valence-electron chi connectivity index (χ2n) is 10.2. The average molecular weight is 445 g/mol. The minimum atomic E-state index is -0.458. The van der Waals surface area contributed by atoms with Gasteiger partial charge in [-0.05, 0) is 81.8 Å². The number of aryl methyl sites for hydroxylation is 2. The highest BCUT2D eigenvalue weighted by Crippen LogP contribution is 2.33. The summed E-state index contributed by atoms with van der Waals surface area (Å²) >= 11 is 0. The molecule has 2 aliphatic heterocycles. The summed E-state index contributed by atoms with van der Waals surface area (Å²) in [5, 5.41) is 0. The van der Waals surface area contributed by atoms with E-state index in [0.29, 0.717) is 5.92 Å². The van der Waals surface area contributed by atoms with Gasteiger partial charge in [-0.25, -0.2) is 4.79 Å².